The Bertz CT molecular complexity index is 263. The fraction of sp³-hybridized carbons (Fsp3) is 0.455. The molecule has 78 valence electrons. The molecule has 0 amide bonds. The zero-order valence-corrected chi connectivity index (χ0v) is 8.55. The molecule has 0 bridgehead atoms. The Morgan fingerprint density at radius 2 is 2.21 bits per heavy atom. The average Bonchev–Trinajstić information content (AvgIpc) is 2.25. The van der Waals surface area contributed by atoms with Gasteiger partial charge in [-0.2, -0.15) is 0 Å². The zero-order chi connectivity index (χ0) is 10.2. The highest BCUT2D eigenvalue weighted by Gasteiger charge is 1.95. The summed E-state index contributed by atoms with van der Waals surface area (Å²) < 4.78 is 5.13. The van der Waals surface area contributed by atoms with Crippen LogP contribution in [0.25, 0.3) is 0 Å². The smallest absolute Gasteiger partial charge is 0.156 e. The third-order valence-electron chi connectivity index (χ3n) is 2.03. The normalized spacial score (nSPS) is 10.1. The molecular weight excluding hydrogens is 178 g/mol. The molecule has 0 aliphatic heterocycles. The van der Waals surface area contributed by atoms with Gasteiger partial charge in [0.05, 0.1) is 13.7 Å². The fourth-order valence-corrected chi connectivity index (χ4v) is 1.27. The van der Waals surface area contributed by atoms with Crippen molar-refractivity contribution >= 4 is 0 Å². The maximum Gasteiger partial charge on any atom is 0.156 e. The average molecular weight is 196 g/mol. The van der Waals surface area contributed by atoms with Crippen molar-refractivity contribution in [2.75, 3.05) is 26.8 Å². The van der Waals surface area contributed by atoms with Gasteiger partial charge in [-0.25, -0.2) is 0 Å². The van der Waals surface area contributed by atoms with Crippen molar-refractivity contribution in [2.24, 2.45) is 0 Å². The quantitative estimate of drug-likeness (QED) is 0.533. The van der Waals surface area contributed by atoms with E-state index < -0.39 is 0 Å². The van der Waals surface area contributed by atoms with Crippen molar-refractivity contribution in [1.29, 1.82) is 0 Å². The summed E-state index contributed by atoms with van der Waals surface area (Å²) in [5.41, 5.74) is 1.27. The third kappa shape index (κ3) is 3.77. The van der Waals surface area contributed by atoms with Gasteiger partial charge in [-0.05, 0) is 30.7 Å². The number of hydrogen-bond donors (Lipinski definition) is 1. The van der Waals surface area contributed by atoms with Gasteiger partial charge in [0.1, 0.15) is 5.75 Å². The van der Waals surface area contributed by atoms with Gasteiger partial charge in [-0.3, -0.25) is 0 Å². The van der Waals surface area contributed by atoms with Crippen molar-refractivity contribution in [1.82, 2.24) is 5.32 Å². The first-order valence-corrected chi connectivity index (χ1v) is 4.85. The molecule has 0 spiro atoms. The van der Waals surface area contributed by atoms with Gasteiger partial charge in [-0.1, -0.05) is 12.1 Å². The maximum absolute atomic E-state index is 6.97. The van der Waals surface area contributed by atoms with Gasteiger partial charge in [0.15, 0.2) is 6.61 Å². The summed E-state index contributed by atoms with van der Waals surface area (Å²) in [7, 11) is 1.68. The molecule has 0 aliphatic rings. The molecule has 1 rings (SSSR count). The molecule has 1 aromatic rings. The van der Waals surface area contributed by atoms with Crippen LogP contribution >= 0.6 is 0 Å². The van der Waals surface area contributed by atoms with Crippen molar-refractivity contribution < 1.29 is 9.84 Å². The highest BCUT2D eigenvalue weighted by molar-refractivity contribution is 5.28. The Morgan fingerprint density at radius 3 is 2.93 bits per heavy atom. The first-order valence-electron chi connectivity index (χ1n) is 4.85. The Labute approximate surface area is 84.7 Å². The molecule has 0 fully saturated rings. The topological polar surface area (TPSA) is 44.2 Å². The molecule has 0 radical (unpaired) electrons. The second-order valence-corrected chi connectivity index (χ2v) is 3.10. The number of rotatable bonds is 6. The summed E-state index contributed by atoms with van der Waals surface area (Å²) in [6, 6.07) is 8.08. The van der Waals surface area contributed by atoms with Crippen LogP contribution in [-0.4, -0.2) is 31.9 Å². The van der Waals surface area contributed by atoms with E-state index in [1.54, 1.807) is 7.11 Å². The second-order valence-electron chi connectivity index (χ2n) is 3.10. The summed E-state index contributed by atoms with van der Waals surface area (Å²) in [4.78, 5) is 0. The van der Waals surface area contributed by atoms with Crippen LogP contribution in [0, 0.1) is 0 Å². The van der Waals surface area contributed by atoms with Crippen LogP contribution in [-0.2, 0) is 6.42 Å². The van der Waals surface area contributed by atoms with Gasteiger partial charge in [0.25, 0.3) is 0 Å². The van der Waals surface area contributed by atoms with Crippen LogP contribution in [0.15, 0.2) is 24.3 Å². The molecule has 0 aromatic heterocycles. The van der Waals surface area contributed by atoms with E-state index in [-0.39, 0.29) is 0 Å². The molecule has 0 saturated carbocycles. The Morgan fingerprint density at radius 1 is 1.36 bits per heavy atom. The predicted octanol–water partition coefficient (Wildman–Crippen LogP) is 0.552. The van der Waals surface area contributed by atoms with Crippen molar-refractivity contribution in [3.63, 3.8) is 0 Å². The van der Waals surface area contributed by atoms with Crippen LogP contribution < -0.4 is 10.1 Å². The molecule has 3 nitrogen and oxygen atoms in total. The molecule has 0 aliphatic carbocycles. The molecule has 0 unspecified atom stereocenters. The molecule has 0 saturated heterocycles. The lowest BCUT2D eigenvalue weighted by Crippen LogP contribution is -2.20. The number of hydrogen-bond acceptors (Lipinski definition) is 2. The summed E-state index contributed by atoms with van der Waals surface area (Å²) in [6.07, 6.45) is 0.983. The van der Waals surface area contributed by atoms with Gasteiger partial charge in [0, 0.05) is 0 Å². The van der Waals surface area contributed by atoms with Crippen LogP contribution in [0.5, 0.6) is 5.75 Å². The standard InChI is InChI=1S/C11H17NO2/c1-14-11-4-2-3-10(9-11)5-6-12-7-8-13/h2-4,9,12-13H,5-8H2,1H3/p+1. The molecule has 0 heterocycles. The predicted molar refractivity (Wildman–Crippen MR) is 58.0 cm³/mol. The van der Waals surface area contributed by atoms with Crippen LogP contribution in [0.3, 0.4) is 0 Å². The summed E-state index contributed by atoms with van der Waals surface area (Å²) >= 11 is 0. The first kappa shape index (κ1) is 11.0. The highest BCUT2D eigenvalue weighted by Crippen LogP contribution is 2.12. The van der Waals surface area contributed by atoms with Crippen LogP contribution in [0.1, 0.15) is 5.56 Å². The highest BCUT2D eigenvalue weighted by atomic mass is 16.5. The Hall–Kier alpha value is -1.06. The van der Waals surface area contributed by atoms with Crippen molar-refractivity contribution in [3.8, 4) is 5.75 Å². The third-order valence-corrected chi connectivity index (χ3v) is 2.03. The van der Waals surface area contributed by atoms with E-state index in [0.29, 0.717) is 6.61 Å². The summed E-state index contributed by atoms with van der Waals surface area (Å²) in [5.74, 6) is 0.906. The summed E-state index contributed by atoms with van der Waals surface area (Å²) in [6.45, 7) is 2.13. The SMILES string of the molecule is COc1cccc(CCNCC[OH2+])c1. The molecule has 0 atom stereocenters. The second kappa shape index (κ2) is 6.40. The van der Waals surface area contributed by atoms with E-state index in [1.807, 2.05) is 18.2 Å². The minimum atomic E-state index is 0.443. The monoisotopic (exact) mass is 196 g/mol. The minimum Gasteiger partial charge on any atom is -0.497 e. The lowest BCUT2D eigenvalue weighted by atomic mass is 10.1. The number of nitrogens with one attached hydrogen (secondary N) is 1. The first-order chi connectivity index (χ1) is 6.86. The fourth-order valence-electron chi connectivity index (χ4n) is 1.27. The lowest BCUT2D eigenvalue weighted by molar-refractivity contribution is 0.293. The van der Waals surface area contributed by atoms with Gasteiger partial charge >= 0.3 is 0 Å². The van der Waals surface area contributed by atoms with E-state index in [2.05, 4.69) is 11.4 Å². The minimum absolute atomic E-state index is 0.443. The van der Waals surface area contributed by atoms with Crippen molar-refractivity contribution in [2.45, 2.75) is 6.42 Å². The Kier molecular flexibility index (Phi) is 5.04. The number of ether oxygens (including phenoxy) is 1. The van der Waals surface area contributed by atoms with Gasteiger partial charge in [0.2, 0.25) is 0 Å². The van der Waals surface area contributed by atoms with Gasteiger partial charge in [-0.15, -0.1) is 0 Å². The number of methoxy groups -OCH3 is 1. The molecule has 3 heteroatoms. The molecular formula is C11H18NO2+. The molecule has 1 aromatic carbocycles. The van der Waals surface area contributed by atoms with Gasteiger partial charge < -0.3 is 15.2 Å². The van der Waals surface area contributed by atoms with Crippen LogP contribution in [0.4, 0.5) is 0 Å². The van der Waals surface area contributed by atoms with E-state index >= 15 is 0 Å². The van der Waals surface area contributed by atoms with E-state index in [1.165, 1.54) is 5.56 Å². The summed E-state index contributed by atoms with van der Waals surface area (Å²) in [5, 5.41) is 10.2. The Balaban J connectivity index is 2.34. The lowest BCUT2D eigenvalue weighted by Gasteiger charge is -2.04. The van der Waals surface area contributed by atoms with E-state index in [4.69, 9.17) is 9.84 Å². The van der Waals surface area contributed by atoms with E-state index in [9.17, 15) is 0 Å². The largest absolute Gasteiger partial charge is 0.497 e. The maximum atomic E-state index is 6.97. The molecule has 14 heavy (non-hydrogen) atoms. The molecule has 3 N–H and O–H groups in total. The van der Waals surface area contributed by atoms with Crippen LogP contribution in [0.2, 0.25) is 0 Å². The number of benzene rings is 1. The zero-order valence-electron chi connectivity index (χ0n) is 8.55. The van der Waals surface area contributed by atoms with Crippen molar-refractivity contribution in [3.05, 3.63) is 29.8 Å². The van der Waals surface area contributed by atoms with E-state index in [0.717, 1.165) is 25.3 Å².